The number of nitrogens with zero attached hydrogens (tertiary/aromatic N) is 3. The van der Waals surface area contributed by atoms with Gasteiger partial charge in [0.25, 0.3) is 0 Å². The average molecular weight is 488 g/mol. The third kappa shape index (κ3) is 4.27. The van der Waals surface area contributed by atoms with Crippen LogP contribution >= 0.6 is 11.6 Å². The second-order valence-corrected chi connectivity index (χ2v) is 11.2. The number of anilines is 1. The van der Waals surface area contributed by atoms with Gasteiger partial charge in [-0.25, -0.2) is 8.42 Å². The van der Waals surface area contributed by atoms with Gasteiger partial charge in [0.2, 0.25) is 21.8 Å². The number of piperazine rings is 1. The molecule has 7 nitrogen and oxygen atoms in total. The summed E-state index contributed by atoms with van der Waals surface area (Å²) in [6, 6.07) is 10.7. The van der Waals surface area contributed by atoms with E-state index in [1.54, 1.807) is 29.2 Å². The lowest BCUT2D eigenvalue weighted by Gasteiger charge is -2.37. The van der Waals surface area contributed by atoms with Gasteiger partial charge in [0.05, 0.1) is 17.0 Å². The summed E-state index contributed by atoms with van der Waals surface area (Å²) in [5.74, 6) is 0.107. The highest BCUT2D eigenvalue weighted by molar-refractivity contribution is 7.89. The van der Waals surface area contributed by atoms with E-state index in [4.69, 9.17) is 11.6 Å². The summed E-state index contributed by atoms with van der Waals surface area (Å²) >= 11 is 5.91. The van der Waals surface area contributed by atoms with Gasteiger partial charge in [0.15, 0.2) is 0 Å². The minimum absolute atomic E-state index is 0.0164. The Balaban J connectivity index is 1.29. The fraction of sp³-hybridized carbons (Fsp3) is 0.417. The minimum atomic E-state index is -3.67. The molecule has 0 atom stereocenters. The lowest BCUT2D eigenvalue weighted by molar-refractivity contribution is -0.131. The van der Waals surface area contributed by atoms with Crippen LogP contribution in [-0.4, -0.2) is 62.2 Å². The van der Waals surface area contributed by atoms with E-state index >= 15 is 0 Å². The van der Waals surface area contributed by atoms with Crippen molar-refractivity contribution in [2.45, 2.75) is 37.0 Å². The van der Waals surface area contributed by atoms with Gasteiger partial charge >= 0.3 is 0 Å². The molecule has 1 fully saturated rings. The van der Waals surface area contributed by atoms with Crippen LogP contribution in [0.25, 0.3) is 0 Å². The highest BCUT2D eigenvalue weighted by Crippen LogP contribution is 2.38. The number of carbonyl (C=O) groups excluding carboxylic acids is 2. The predicted octanol–water partition coefficient (Wildman–Crippen LogP) is 2.64. The maximum atomic E-state index is 13.4. The maximum absolute atomic E-state index is 13.4. The molecule has 5 rings (SSSR count). The van der Waals surface area contributed by atoms with Crippen molar-refractivity contribution in [3.63, 3.8) is 0 Å². The molecule has 9 heteroatoms. The predicted molar refractivity (Wildman–Crippen MR) is 126 cm³/mol. The number of rotatable bonds is 4. The third-order valence-electron chi connectivity index (χ3n) is 6.75. The number of hydrogen-bond donors (Lipinski definition) is 0. The Morgan fingerprint density at radius 1 is 0.909 bits per heavy atom. The Kier molecular flexibility index (Phi) is 5.93. The molecule has 174 valence electrons. The second-order valence-electron chi connectivity index (χ2n) is 8.83. The highest BCUT2D eigenvalue weighted by Gasteiger charge is 2.34. The normalized spacial score (nSPS) is 18.9. The largest absolute Gasteiger partial charge is 0.340 e. The lowest BCUT2D eigenvalue weighted by atomic mass is 9.92. The Morgan fingerprint density at radius 3 is 2.27 bits per heavy atom. The van der Waals surface area contributed by atoms with Crippen molar-refractivity contribution < 1.29 is 18.0 Å². The van der Waals surface area contributed by atoms with Crippen molar-refractivity contribution in [3.05, 3.63) is 58.1 Å². The van der Waals surface area contributed by atoms with Crippen LogP contribution in [0.3, 0.4) is 0 Å². The number of benzene rings is 2. The number of sulfonamides is 1. The first-order valence-corrected chi connectivity index (χ1v) is 13.1. The Hall–Kier alpha value is -2.42. The zero-order chi connectivity index (χ0) is 23.2. The van der Waals surface area contributed by atoms with Crippen LogP contribution in [0.1, 0.15) is 29.5 Å². The first-order chi connectivity index (χ1) is 15.8. The fourth-order valence-electron chi connectivity index (χ4n) is 4.99. The number of hydrogen-bond acceptors (Lipinski definition) is 4. The highest BCUT2D eigenvalue weighted by atomic mass is 35.5. The summed E-state index contributed by atoms with van der Waals surface area (Å²) in [6.45, 7) is 1.98. The topological polar surface area (TPSA) is 78.0 Å². The van der Waals surface area contributed by atoms with E-state index in [2.05, 4.69) is 0 Å². The molecule has 0 bridgehead atoms. The molecular weight excluding hydrogens is 462 g/mol. The molecule has 3 aliphatic heterocycles. The standard InChI is InChI=1S/C24H26ClN3O4S/c25-20-6-3-17(4-7-20)14-23(30)26-10-12-27(13-11-26)33(31,32)21-15-18-2-1-9-28-22(29)8-5-19(16-21)24(18)28/h3-4,6-7,15-16H,1-2,5,8-14H2. The zero-order valence-electron chi connectivity index (χ0n) is 18.3. The summed E-state index contributed by atoms with van der Waals surface area (Å²) in [7, 11) is -3.67. The van der Waals surface area contributed by atoms with Gasteiger partial charge < -0.3 is 9.80 Å². The minimum Gasteiger partial charge on any atom is -0.340 e. The first kappa shape index (κ1) is 22.4. The van der Waals surface area contributed by atoms with Gasteiger partial charge in [-0.2, -0.15) is 4.31 Å². The van der Waals surface area contributed by atoms with E-state index in [9.17, 15) is 18.0 Å². The molecule has 0 unspecified atom stereocenters. The molecule has 2 amide bonds. The molecule has 0 aromatic heterocycles. The molecular formula is C24H26ClN3O4S. The van der Waals surface area contributed by atoms with Gasteiger partial charge in [-0.05, 0) is 60.2 Å². The van der Waals surface area contributed by atoms with Crippen LogP contribution in [0.2, 0.25) is 5.02 Å². The smallest absolute Gasteiger partial charge is 0.243 e. The van der Waals surface area contributed by atoms with Gasteiger partial charge in [-0.3, -0.25) is 9.59 Å². The van der Waals surface area contributed by atoms with Crippen LogP contribution in [0.15, 0.2) is 41.3 Å². The van der Waals surface area contributed by atoms with E-state index in [-0.39, 0.29) is 31.3 Å². The Labute approximate surface area is 199 Å². The van der Waals surface area contributed by atoms with E-state index in [1.807, 2.05) is 17.0 Å². The molecule has 0 spiro atoms. The third-order valence-corrected chi connectivity index (χ3v) is 8.87. The molecule has 0 radical (unpaired) electrons. The van der Waals surface area contributed by atoms with Crippen molar-refractivity contribution in [2.75, 3.05) is 37.6 Å². The van der Waals surface area contributed by atoms with Gasteiger partial charge in [0.1, 0.15) is 0 Å². The Morgan fingerprint density at radius 2 is 1.58 bits per heavy atom. The van der Waals surface area contributed by atoms with Crippen LogP contribution in [-0.2, 0) is 38.9 Å². The Bertz CT molecular complexity index is 1190. The molecule has 3 aliphatic rings. The van der Waals surface area contributed by atoms with Gasteiger partial charge in [-0.1, -0.05) is 23.7 Å². The number of aryl methyl sites for hydroxylation is 2. The van der Waals surface area contributed by atoms with Crippen molar-refractivity contribution in [2.24, 2.45) is 0 Å². The second kappa shape index (κ2) is 8.74. The molecule has 0 aliphatic carbocycles. The molecule has 0 N–H and O–H groups in total. The lowest BCUT2D eigenvalue weighted by Crippen LogP contribution is -2.51. The van der Waals surface area contributed by atoms with E-state index < -0.39 is 10.0 Å². The fourth-order valence-corrected chi connectivity index (χ4v) is 6.64. The van der Waals surface area contributed by atoms with Gasteiger partial charge in [-0.15, -0.1) is 0 Å². The maximum Gasteiger partial charge on any atom is 0.243 e. The van der Waals surface area contributed by atoms with E-state index in [1.165, 1.54) is 4.31 Å². The van der Waals surface area contributed by atoms with Crippen molar-refractivity contribution in [3.8, 4) is 0 Å². The van der Waals surface area contributed by atoms with Crippen molar-refractivity contribution in [1.29, 1.82) is 0 Å². The zero-order valence-corrected chi connectivity index (χ0v) is 19.9. The number of carbonyl (C=O) groups is 2. The monoisotopic (exact) mass is 487 g/mol. The van der Waals surface area contributed by atoms with Crippen LogP contribution in [0.5, 0.6) is 0 Å². The molecule has 3 heterocycles. The first-order valence-electron chi connectivity index (χ1n) is 11.3. The summed E-state index contributed by atoms with van der Waals surface area (Å²) in [5.41, 5.74) is 3.70. The van der Waals surface area contributed by atoms with Crippen LogP contribution in [0.4, 0.5) is 5.69 Å². The summed E-state index contributed by atoms with van der Waals surface area (Å²) in [6.07, 6.45) is 2.89. The van der Waals surface area contributed by atoms with E-state index in [0.717, 1.165) is 35.2 Å². The SMILES string of the molecule is O=C(Cc1ccc(Cl)cc1)N1CCN(S(=O)(=O)c2cc3c4c(c2)CCC(=O)N4CCC3)CC1. The summed E-state index contributed by atoms with van der Waals surface area (Å²) < 4.78 is 28.3. The summed E-state index contributed by atoms with van der Waals surface area (Å²) in [5, 5.41) is 0.626. The number of amides is 2. The average Bonchev–Trinajstić information content (AvgIpc) is 2.82. The van der Waals surface area contributed by atoms with Crippen molar-refractivity contribution >= 4 is 39.1 Å². The van der Waals surface area contributed by atoms with Crippen LogP contribution in [0, 0.1) is 0 Å². The molecule has 2 aromatic rings. The van der Waals surface area contributed by atoms with Gasteiger partial charge in [0, 0.05) is 44.2 Å². The molecule has 2 aromatic carbocycles. The molecule has 0 saturated carbocycles. The summed E-state index contributed by atoms with van der Waals surface area (Å²) in [4.78, 5) is 28.8. The van der Waals surface area contributed by atoms with E-state index in [0.29, 0.717) is 42.4 Å². The molecule has 1 saturated heterocycles. The number of halogens is 1. The van der Waals surface area contributed by atoms with Crippen molar-refractivity contribution in [1.82, 2.24) is 9.21 Å². The molecule has 33 heavy (non-hydrogen) atoms. The van der Waals surface area contributed by atoms with Crippen LogP contribution < -0.4 is 4.90 Å². The quantitative estimate of drug-likeness (QED) is 0.664.